The van der Waals surface area contributed by atoms with Crippen molar-refractivity contribution in [2.75, 3.05) is 20.0 Å². The largest absolute Gasteiger partial charge is 0.481 e. The topological polar surface area (TPSA) is 72.1 Å². The van der Waals surface area contributed by atoms with Crippen molar-refractivity contribution in [1.29, 1.82) is 0 Å². The molecule has 0 amide bonds. The first-order valence-corrected chi connectivity index (χ1v) is 6.38. The molecule has 3 N–H and O–H groups in total. The third-order valence-electron chi connectivity index (χ3n) is 2.61. The summed E-state index contributed by atoms with van der Waals surface area (Å²) >= 11 is 3.40. The molecule has 1 aromatic rings. The summed E-state index contributed by atoms with van der Waals surface area (Å²) in [5, 5.41) is 5.86. The number of hydrazine groups is 1. The first-order chi connectivity index (χ1) is 9.13. The van der Waals surface area contributed by atoms with Crippen LogP contribution in [0.2, 0.25) is 0 Å². The van der Waals surface area contributed by atoms with E-state index >= 15 is 0 Å². The SMILES string of the molecule is COC1=CC(OC)=NN(Cc2cccc(Br)c2N)N1. The number of para-hydroxylation sites is 1. The van der Waals surface area contributed by atoms with Crippen molar-refractivity contribution in [3.05, 3.63) is 40.2 Å². The van der Waals surface area contributed by atoms with Gasteiger partial charge >= 0.3 is 0 Å². The molecule has 1 aliphatic rings. The second kappa shape index (κ2) is 5.83. The van der Waals surface area contributed by atoms with Gasteiger partial charge in [-0.2, -0.15) is 5.12 Å². The van der Waals surface area contributed by atoms with Crippen molar-refractivity contribution in [2.45, 2.75) is 6.54 Å². The van der Waals surface area contributed by atoms with Crippen molar-refractivity contribution in [2.24, 2.45) is 5.10 Å². The number of hydrogen-bond acceptors (Lipinski definition) is 6. The molecule has 1 aliphatic heterocycles. The number of halogens is 1. The second-order valence-electron chi connectivity index (χ2n) is 3.84. The lowest BCUT2D eigenvalue weighted by Gasteiger charge is -2.26. The number of ether oxygens (including phenoxy) is 2. The molecule has 0 aliphatic carbocycles. The number of hydrogen-bond donors (Lipinski definition) is 2. The van der Waals surface area contributed by atoms with Gasteiger partial charge in [-0.1, -0.05) is 12.1 Å². The highest BCUT2D eigenvalue weighted by atomic mass is 79.9. The van der Waals surface area contributed by atoms with Gasteiger partial charge in [-0.25, -0.2) is 0 Å². The van der Waals surface area contributed by atoms with Crippen LogP contribution in [0.15, 0.2) is 39.7 Å². The number of methoxy groups -OCH3 is 2. The molecule has 0 atom stereocenters. The van der Waals surface area contributed by atoms with Gasteiger partial charge in [0.1, 0.15) is 0 Å². The summed E-state index contributed by atoms with van der Waals surface area (Å²) in [7, 11) is 3.13. The molecule has 102 valence electrons. The van der Waals surface area contributed by atoms with Crippen molar-refractivity contribution in [3.8, 4) is 0 Å². The zero-order chi connectivity index (χ0) is 13.8. The minimum absolute atomic E-state index is 0.462. The van der Waals surface area contributed by atoms with Gasteiger partial charge in [-0.3, -0.25) is 5.43 Å². The van der Waals surface area contributed by atoms with Crippen LogP contribution in [-0.2, 0) is 16.0 Å². The minimum atomic E-state index is 0.462. The molecule has 0 saturated carbocycles. The fourth-order valence-corrected chi connectivity index (χ4v) is 2.01. The molecular formula is C12H15BrN4O2. The maximum atomic E-state index is 6.01. The molecule has 0 aromatic heterocycles. The molecule has 0 bridgehead atoms. The van der Waals surface area contributed by atoms with Crippen LogP contribution in [0.3, 0.4) is 0 Å². The van der Waals surface area contributed by atoms with Crippen LogP contribution in [0.1, 0.15) is 5.56 Å². The van der Waals surface area contributed by atoms with E-state index in [2.05, 4.69) is 26.5 Å². The Morgan fingerprint density at radius 2 is 2.16 bits per heavy atom. The van der Waals surface area contributed by atoms with Crippen LogP contribution in [0, 0.1) is 0 Å². The smallest absolute Gasteiger partial charge is 0.237 e. The van der Waals surface area contributed by atoms with E-state index < -0.39 is 0 Å². The van der Waals surface area contributed by atoms with Gasteiger partial charge in [0, 0.05) is 4.47 Å². The Bertz CT molecular complexity index is 530. The molecule has 1 heterocycles. The van der Waals surface area contributed by atoms with Crippen LogP contribution in [-0.4, -0.2) is 25.2 Å². The predicted octanol–water partition coefficient (Wildman–Crippen LogP) is 1.80. The number of nitrogens with one attached hydrogen (secondary N) is 1. The second-order valence-corrected chi connectivity index (χ2v) is 4.69. The molecule has 0 spiro atoms. The summed E-state index contributed by atoms with van der Waals surface area (Å²) in [6, 6.07) is 5.76. The monoisotopic (exact) mass is 326 g/mol. The molecule has 0 radical (unpaired) electrons. The molecule has 0 saturated heterocycles. The minimum Gasteiger partial charge on any atom is -0.481 e. The van der Waals surface area contributed by atoms with Gasteiger partial charge in [-0.15, -0.1) is 5.10 Å². The number of rotatable bonds is 3. The molecule has 2 rings (SSSR count). The predicted molar refractivity (Wildman–Crippen MR) is 76.8 cm³/mol. The van der Waals surface area contributed by atoms with E-state index in [-0.39, 0.29) is 0 Å². The lowest BCUT2D eigenvalue weighted by atomic mass is 10.2. The third-order valence-corrected chi connectivity index (χ3v) is 3.30. The Hall–Kier alpha value is -1.89. The van der Waals surface area contributed by atoms with Crippen molar-refractivity contribution >= 4 is 27.5 Å². The highest BCUT2D eigenvalue weighted by Crippen LogP contribution is 2.24. The van der Waals surface area contributed by atoms with E-state index in [1.54, 1.807) is 25.4 Å². The third kappa shape index (κ3) is 3.11. The van der Waals surface area contributed by atoms with Gasteiger partial charge in [-0.05, 0) is 27.6 Å². The Balaban J connectivity index is 2.18. The average Bonchev–Trinajstić information content (AvgIpc) is 2.43. The zero-order valence-electron chi connectivity index (χ0n) is 10.7. The molecule has 0 unspecified atom stereocenters. The quantitative estimate of drug-likeness (QED) is 0.829. The number of nitrogens with zero attached hydrogens (tertiary/aromatic N) is 2. The number of nitrogens with two attached hydrogens (primary N) is 1. The summed E-state index contributed by atoms with van der Waals surface area (Å²) in [5.74, 6) is 1.02. The summed E-state index contributed by atoms with van der Waals surface area (Å²) < 4.78 is 11.1. The Labute approximate surface area is 120 Å². The van der Waals surface area contributed by atoms with Gasteiger partial charge < -0.3 is 15.2 Å². The normalized spacial score (nSPS) is 14.4. The van der Waals surface area contributed by atoms with E-state index in [4.69, 9.17) is 15.2 Å². The fourth-order valence-electron chi connectivity index (χ4n) is 1.60. The van der Waals surface area contributed by atoms with Crippen molar-refractivity contribution < 1.29 is 9.47 Å². The zero-order valence-corrected chi connectivity index (χ0v) is 12.3. The average molecular weight is 327 g/mol. The van der Waals surface area contributed by atoms with Crippen molar-refractivity contribution in [1.82, 2.24) is 10.5 Å². The van der Waals surface area contributed by atoms with E-state index in [1.165, 1.54) is 0 Å². The molecule has 0 fully saturated rings. The number of anilines is 1. The summed E-state index contributed by atoms with van der Waals surface area (Å²) in [5.41, 5.74) is 10.6. The molecule has 1 aromatic carbocycles. The lowest BCUT2D eigenvalue weighted by Crippen LogP contribution is -2.37. The number of benzene rings is 1. The van der Waals surface area contributed by atoms with Crippen LogP contribution in [0.5, 0.6) is 0 Å². The van der Waals surface area contributed by atoms with E-state index in [0.717, 1.165) is 10.0 Å². The number of hydrazone groups is 1. The number of nitrogen functional groups attached to an aromatic ring is 1. The molecular weight excluding hydrogens is 312 g/mol. The van der Waals surface area contributed by atoms with Crippen LogP contribution in [0.4, 0.5) is 5.69 Å². The Morgan fingerprint density at radius 1 is 1.37 bits per heavy atom. The Morgan fingerprint density at radius 3 is 2.84 bits per heavy atom. The first kappa shape index (κ1) is 13.5. The fraction of sp³-hybridized carbons (Fsp3) is 0.250. The molecule has 6 nitrogen and oxygen atoms in total. The Kier molecular flexibility index (Phi) is 4.16. The van der Waals surface area contributed by atoms with Crippen LogP contribution in [0.25, 0.3) is 0 Å². The highest BCUT2D eigenvalue weighted by Gasteiger charge is 2.15. The van der Waals surface area contributed by atoms with Crippen molar-refractivity contribution in [3.63, 3.8) is 0 Å². The van der Waals surface area contributed by atoms with Gasteiger partial charge in [0.05, 0.1) is 32.5 Å². The molecule has 19 heavy (non-hydrogen) atoms. The van der Waals surface area contributed by atoms with Gasteiger partial charge in [0.25, 0.3) is 0 Å². The summed E-state index contributed by atoms with van der Waals surface area (Å²) in [4.78, 5) is 0. The summed E-state index contributed by atoms with van der Waals surface area (Å²) in [6.45, 7) is 0.485. The maximum absolute atomic E-state index is 6.01. The van der Waals surface area contributed by atoms with Gasteiger partial charge in [0.15, 0.2) is 0 Å². The highest BCUT2D eigenvalue weighted by molar-refractivity contribution is 9.10. The van der Waals surface area contributed by atoms with E-state index in [1.807, 2.05) is 18.2 Å². The van der Waals surface area contributed by atoms with Crippen LogP contribution < -0.4 is 11.2 Å². The lowest BCUT2D eigenvalue weighted by molar-refractivity contribution is 0.127. The molecule has 7 heteroatoms. The first-order valence-electron chi connectivity index (χ1n) is 5.59. The van der Waals surface area contributed by atoms with Crippen LogP contribution >= 0.6 is 15.9 Å². The van der Waals surface area contributed by atoms with E-state index in [0.29, 0.717) is 24.0 Å². The van der Waals surface area contributed by atoms with Gasteiger partial charge in [0.2, 0.25) is 11.8 Å². The standard InChI is InChI=1S/C12H15BrN4O2/c1-18-10-6-11(19-2)16-17(15-10)7-8-4-3-5-9(13)12(8)14/h3-6,15H,7,14H2,1-2H3. The van der Waals surface area contributed by atoms with E-state index in [9.17, 15) is 0 Å². The summed E-state index contributed by atoms with van der Waals surface area (Å²) in [6.07, 6.45) is 1.67. The maximum Gasteiger partial charge on any atom is 0.237 e.